The molecule has 0 heterocycles. The lowest BCUT2D eigenvalue weighted by molar-refractivity contribution is 0.880. The van der Waals surface area contributed by atoms with Crippen LogP contribution in [0.15, 0.2) is 0 Å². The second-order valence-electron chi connectivity index (χ2n) is 0.866. The Morgan fingerprint density at radius 2 is 3.20 bits per heavy atom. The van der Waals surface area contributed by atoms with E-state index in [4.69, 9.17) is 11.0 Å². The molecule has 0 fully saturated rings. The minimum atomic E-state index is -2.87. The van der Waals surface area contributed by atoms with Gasteiger partial charge in [0.15, 0.2) is 0 Å². The molecule has 1 heteroatoms. The normalized spacial score (nSPS) is 47.2. The summed E-state index contributed by atoms with van der Waals surface area (Å²) in [7, 11) is -0.0102. The van der Waals surface area contributed by atoms with Gasteiger partial charge in [0.2, 0.25) is 0 Å². The summed E-state index contributed by atoms with van der Waals surface area (Å²) in [6.45, 7) is -5.39. The average molecular weight is 104 g/mol. The quantitative estimate of drug-likeness (QED) is 0.427. The van der Waals surface area contributed by atoms with Gasteiger partial charge in [-0.3, -0.25) is 0 Å². The predicted octanol–water partition coefficient (Wildman–Crippen LogP) is 0.570. The fourth-order valence-electron chi connectivity index (χ4n) is 0. The number of rotatable bonds is 1. The summed E-state index contributed by atoms with van der Waals surface area (Å²) >= 11 is 0. The summed E-state index contributed by atoms with van der Waals surface area (Å²) in [5, 5.41) is 0. The van der Waals surface area contributed by atoms with Crippen LogP contribution >= 0.6 is 0 Å². The van der Waals surface area contributed by atoms with Crippen molar-refractivity contribution in [3.05, 3.63) is 0 Å². The first-order valence-electron chi connectivity index (χ1n) is 5.40. The van der Waals surface area contributed by atoms with Gasteiger partial charge < -0.3 is 0 Å². The summed E-state index contributed by atoms with van der Waals surface area (Å²) < 4.78 is 55.9. The van der Waals surface area contributed by atoms with Crippen molar-refractivity contribution in [1.82, 2.24) is 0 Å². The van der Waals surface area contributed by atoms with Crippen LogP contribution in [0.1, 0.15) is 31.0 Å². The molecule has 0 amide bonds. The minimum Gasteiger partial charge on any atom is -0.0658 e. The van der Waals surface area contributed by atoms with Gasteiger partial charge in [-0.15, -0.1) is 0 Å². The van der Waals surface area contributed by atoms with Crippen molar-refractivity contribution in [2.24, 2.45) is 0 Å². The van der Waals surface area contributed by atoms with E-state index in [9.17, 15) is 0 Å². The predicted molar refractivity (Wildman–Crippen MR) is 29.7 cm³/mol. The highest BCUT2D eigenvalue weighted by Gasteiger charge is 1.80. The topological polar surface area (TPSA) is 0 Å². The molecule has 5 heavy (non-hydrogen) atoms. The number of hydrogen-bond acceptors (Lipinski definition) is 0. The lowest BCUT2D eigenvalue weighted by Crippen LogP contribution is -1.76. The molecule has 0 aliphatic heterocycles. The molecule has 0 aromatic rings. The monoisotopic (exact) mass is 104 g/mol. The molecule has 0 spiro atoms. The van der Waals surface area contributed by atoms with Crippen LogP contribution in [0, 0.1) is 0 Å². The van der Waals surface area contributed by atoms with Gasteiger partial charge in [0.1, 0.15) is 0 Å². The Kier molecular flexibility index (Phi) is 0.305. The van der Waals surface area contributed by atoms with Crippen molar-refractivity contribution in [2.45, 2.75) is 25.6 Å². The Morgan fingerprint density at radius 3 is 3.40 bits per heavy atom. The third-order valence-corrected chi connectivity index (χ3v) is 0.505. The van der Waals surface area contributed by atoms with Gasteiger partial charge in [0.25, 0.3) is 0 Å². The van der Waals surface area contributed by atoms with Gasteiger partial charge in [-0.25, -0.2) is 0 Å². The molecule has 0 aromatic heterocycles. The standard InChI is InChI=1S/C4H12Si/c1-3-4(2)5/h4H,3H2,1-2,5H3/i1T3,2T3,3T2. The van der Waals surface area contributed by atoms with Gasteiger partial charge in [0, 0.05) is 21.2 Å². The average Bonchev–Trinajstić information content (AvgIpc) is 1.81. The van der Waals surface area contributed by atoms with Crippen molar-refractivity contribution < 1.29 is 11.0 Å². The molecule has 0 bridgehead atoms. The molecule has 1 atom stereocenters. The fraction of sp³-hybridized carbons (Fsp3) is 1.00. The third-order valence-electron chi connectivity index (χ3n) is 0.217. The van der Waals surface area contributed by atoms with E-state index >= 15 is 0 Å². The smallest absolute Gasteiger partial charge is 0.0263 e. The molecule has 0 aromatic carbocycles. The molecule has 0 N–H and O–H groups in total. The highest BCUT2D eigenvalue weighted by atomic mass is 28.1. The van der Waals surface area contributed by atoms with Crippen LogP contribution in [0.3, 0.4) is 0 Å². The van der Waals surface area contributed by atoms with Crippen molar-refractivity contribution in [3.63, 3.8) is 0 Å². The van der Waals surface area contributed by atoms with Crippen LogP contribution < -0.4 is 0 Å². The molecule has 1 unspecified atom stereocenters. The molecule has 0 aliphatic rings. The van der Waals surface area contributed by atoms with E-state index in [1.807, 2.05) is 0 Å². The molecule has 0 saturated heterocycles. The maximum Gasteiger partial charge on any atom is 0.0263 e. The molecule has 0 nitrogen and oxygen atoms in total. The van der Waals surface area contributed by atoms with E-state index in [1.54, 1.807) is 0 Å². The van der Waals surface area contributed by atoms with Crippen molar-refractivity contribution in [3.8, 4) is 0 Å². The third kappa shape index (κ3) is 4.22. The van der Waals surface area contributed by atoms with Gasteiger partial charge in [-0.2, -0.15) is 0 Å². The zero-order valence-electron chi connectivity index (χ0n) is 11.1. The van der Waals surface area contributed by atoms with E-state index in [-0.39, 0.29) is 10.2 Å². The van der Waals surface area contributed by atoms with E-state index < -0.39 is 25.6 Å². The first-order chi connectivity index (χ1) is 5.40. The SMILES string of the molecule is [3H]C([3H])([3H])C([SiH3])C([3H])([3H])C([3H])([3H])[3H]. The second kappa shape index (κ2) is 2.45. The summed E-state index contributed by atoms with van der Waals surface area (Å²) in [5.74, 6) is 0. The summed E-state index contributed by atoms with van der Waals surface area (Å²) in [4.78, 5) is 0. The first-order valence-corrected chi connectivity index (χ1v) is 2.56. The highest BCUT2D eigenvalue weighted by molar-refractivity contribution is 6.11. The molecule has 32 valence electrons. The van der Waals surface area contributed by atoms with E-state index in [0.717, 1.165) is 0 Å². The van der Waals surface area contributed by atoms with E-state index in [0.29, 0.717) is 0 Å². The minimum absolute atomic E-state index is 0.0102. The lowest BCUT2D eigenvalue weighted by atomic mass is 10.4. The maximum atomic E-state index is 7.22. The molecule has 0 aliphatic carbocycles. The van der Waals surface area contributed by atoms with Crippen LogP contribution in [0.25, 0.3) is 0 Å². The Labute approximate surface area is 48.2 Å². The zero-order valence-corrected chi connectivity index (χ0v) is 5.08. The van der Waals surface area contributed by atoms with Crippen LogP contribution in [0.5, 0.6) is 0 Å². The molecule has 0 rings (SSSR count). The Morgan fingerprint density at radius 1 is 2.40 bits per heavy atom. The molecular weight excluding hydrogens is 76.1 g/mol. The Hall–Kier alpha value is 0.217. The van der Waals surface area contributed by atoms with E-state index in [1.165, 1.54) is 0 Å². The van der Waals surface area contributed by atoms with Gasteiger partial charge in [-0.05, 0) is 0 Å². The molecular formula is C4H12Si. The van der Waals surface area contributed by atoms with Crippen LogP contribution in [-0.2, 0) is 0 Å². The largest absolute Gasteiger partial charge is 0.0658 e. The second-order valence-corrected chi connectivity index (χ2v) is 2.02. The zero-order chi connectivity index (χ0) is 11.1. The van der Waals surface area contributed by atoms with Gasteiger partial charge in [0.05, 0.1) is 0 Å². The first kappa shape index (κ1) is 0.622. The summed E-state index contributed by atoms with van der Waals surface area (Å²) in [6.07, 6.45) is -2.62. The van der Waals surface area contributed by atoms with Crippen LogP contribution in [-0.4, -0.2) is 10.2 Å². The Bertz CT molecular complexity index is 178. The fourth-order valence-corrected chi connectivity index (χ4v) is 0. The maximum absolute atomic E-state index is 7.22. The van der Waals surface area contributed by atoms with Crippen molar-refractivity contribution in [1.29, 1.82) is 0 Å². The van der Waals surface area contributed by atoms with Gasteiger partial charge in [-0.1, -0.05) is 25.6 Å². The van der Waals surface area contributed by atoms with Crippen molar-refractivity contribution in [2.75, 3.05) is 0 Å². The highest BCUT2D eigenvalue weighted by Crippen LogP contribution is 1.97. The summed E-state index contributed by atoms with van der Waals surface area (Å²) in [6, 6.07) is 0. The van der Waals surface area contributed by atoms with Crippen LogP contribution in [0.4, 0.5) is 0 Å². The molecule has 0 radical (unpaired) electrons. The molecule has 0 saturated carbocycles. The number of hydrogen-bond donors (Lipinski definition) is 0. The van der Waals surface area contributed by atoms with Crippen molar-refractivity contribution >= 4 is 10.2 Å². The lowest BCUT2D eigenvalue weighted by Gasteiger charge is -1.90. The summed E-state index contributed by atoms with van der Waals surface area (Å²) in [5.41, 5.74) is -1.37. The Balaban J connectivity index is 4.86. The van der Waals surface area contributed by atoms with Crippen LogP contribution in [0.2, 0.25) is 5.54 Å². The van der Waals surface area contributed by atoms with Gasteiger partial charge >= 0.3 is 0 Å². The van der Waals surface area contributed by atoms with E-state index in [2.05, 4.69) is 0 Å².